The van der Waals surface area contributed by atoms with Crippen LogP contribution in [-0.2, 0) is 14.4 Å². The van der Waals surface area contributed by atoms with Crippen molar-refractivity contribution >= 4 is 34.8 Å². The summed E-state index contributed by atoms with van der Waals surface area (Å²) in [6, 6.07) is 16.3. The zero-order valence-electron chi connectivity index (χ0n) is 18.4. The second kappa shape index (κ2) is 8.94. The summed E-state index contributed by atoms with van der Waals surface area (Å²) >= 11 is 0. The molecule has 7 heteroatoms. The Balaban J connectivity index is 1.51. The highest BCUT2D eigenvalue weighted by Crippen LogP contribution is 2.41. The standard InChI is InChI=1S/C25H28N4O3/c1-17-12-14-25(15-13-17)28-23(19-6-4-3-5-7-19)24(32)29(25)16-22(31)27-21-10-8-20(9-11-21)26-18(2)30/h3-11,17H,12-16H2,1-2H3,(H,26,30)(H,27,31). The number of carbonyl (C=O) groups excluding carboxylic acids is 3. The number of hydrogen-bond donors (Lipinski definition) is 2. The first-order valence-electron chi connectivity index (χ1n) is 11.0. The topological polar surface area (TPSA) is 90.9 Å². The molecule has 166 valence electrons. The molecule has 0 unspecified atom stereocenters. The van der Waals surface area contributed by atoms with E-state index in [2.05, 4.69) is 17.6 Å². The van der Waals surface area contributed by atoms with Gasteiger partial charge < -0.3 is 15.5 Å². The predicted octanol–water partition coefficient (Wildman–Crippen LogP) is 3.82. The fraction of sp³-hybridized carbons (Fsp3) is 0.360. The Morgan fingerprint density at radius 2 is 1.59 bits per heavy atom. The fourth-order valence-corrected chi connectivity index (χ4v) is 4.43. The normalized spacial score (nSPS) is 22.6. The van der Waals surface area contributed by atoms with Gasteiger partial charge in [0.15, 0.2) is 0 Å². The summed E-state index contributed by atoms with van der Waals surface area (Å²) in [5, 5.41) is 5.55. The Labute approximate surface area is 187 Å². The summed E-state index contributed by atoms with van der Waals surface area (Å²) in [6.45, 7) is 3.60. The van der Waals surface area contributed by atoms with Crippen molar-refractivity contribution in [2.45, 2.75) is 45.2 Å². The van der Waals surface area contributed by atoms with E-state index in [0.717, 1.165) is 31.2 Å². The molecule has 0 atom stereocenters. The molecule has 2 aliphatic rings. The zero-order chi connectivity index (χ0) is 22.7. The van der Waals surface area contributed by atoms with Gasteiger partial charge in [-0.1, -0.05) is 37.3 Å². The van der Waals surface area contributed by atoms with E-state index >= 15 is 0 Å². The van der Waals surface area contributed by atoms with Crippen LogP contribution in [0.3, 0.4) is 0 Å². The molecular weight excluding hydrogens is 404 g/mol. The molecule has 1 fully saturated rings. The van der Waals surface area contributed by atoms with E-state index in [9.17, 15) is 14.4 Å². The van der Waals surface area contributed by atoms with Gasteiger partial charge in [-0.3, -0.25) is 19.4 Å². The number of carbonyl (C=O) groups is 3. The lowest BCUT2D eigenvalue weighted by atomic mass is 9.82. The summed E-state index contributed by atoms with van der Waals surface area (Å²) in [5.74, 6) is -0.0322. The molecule has 3 amide bonds. The minimum Gasteiger partial charge on any atom is -0.326 e. The minimum absolute atomic E-state index is 0.0551. The molecule has 0 aromatic heterocycles. The first kappa shape index (κ1) is 21.7. The van der Waals surface area contributed by atoms with Crippen molar-refractivity contribution in [3.8, 4) is 0 Å². The van der Waals surface area contributed by atoms with Crippen LogP contribution in [0.4, 0.5) is 11.4 Å². The third-order valence-electron chi connectivity index (χ3n) is 6.18. The van der Waals surface area contributed by atoms with E-state index in [1.165, 1.54) is 6.92 Å². The summed E-state index contributed by atoms with van der Waals surface area (Å²) in [7, 11) is 0. The Morgan fingerprint density at radius 1 is 1.00 bits per heavy atom. The molecule has 4 rings (SSSR count). The summed E-state index contributed by atoms with van der Waals surface area (Å²) in [4.78, 5) is 44.0. The highest BCUT2D eigenvalue weighted by atomic mass is 16.2. The highest BCUT2D eigenvalue weighted by molar-refractivity contribution is 6.47. The van der Waals surface area contributed by atoms with Gasteiger partial charge in [-0.2, -0.15) is 0 Å². The number of amides is 3. The molecule has 2 aromatic rings. The molecule has 1 saturated carbocycles. The molecule has 2 aromatic carbocycles. The van der Waals surface area contributed by atoms with Gasteiger partial charge in [0.05, 0.1) is 0 Å². The lowest BCUT2D eigenvalue weighted by Crippen LogP contribution is -2.51. The molecule has 0 bridgehead atoms. The van der Waals surface area contributed by atoms with Crippen molar-refractivity contribution in [1.29, 1.82) is 0 Å². The Bertz CT molecular complexity index is 1040. The van der Waals surface area contributed by atoms with E-state index in [1.807, 2.05) is 30.3 Å². The van der Waals surface area contributed by atoms with Gasteiger partial charge in [0.25, 0.3) is 5.91 Å². The second-order valence-corrected chi connectivity index (χ2v) is 8.69. The molecule has 2 N–H and O–H groups in total. The van der Waals surface area contributed by atoms with Crippen LogP contribution < -0.4 is 10.6 Å². The number of benzene rings is 2. The number of nitrogens with zero attached hydrogens (tertiary/aromatic N) is 2. The third kappa shape index (κ3) is 4.56. The Morgan fingerprint density at radius 3 is 2.19 bits per heavy atom. The zero-order valence-corrected chi connectivity index (χ0v) is 18.4. The van der Waals surface area contributed by atoms with Gasteiger partial charge in [-0.05, 0) is 55.9 Å². The van der Waals surface area contributed by atoms with Crippen molar-refractivity contribution in [3.05, 3.63) is 60.2 Å². The first-order chi connectivity index (χ1) is 15.4. The SMILES string of the molecule is CC(=O)Nc1ccc(NC(=O)CN2C(=O)C(c3ccccc3)=NC23CCC(C)CC3)cc1. The van der Waals surface area contributed by atoms with Gasteiger partial charge in [0.1, 0.15) is 17.9 Å². The quantitative estimate of drug-likeness (QED) is 0.752. The van der Waals surface area contributed by atoms with E-state index in [0.29, 0.717) is 23.0 Å². The van der Waals surface area contributed by atoms with Crippen molar-refractivity contribution in [3.63, 3.8) is 0 Å². The third-order valence-corrected chi connectivity index (χ3v) is 6.18. The minimum atomic E-state index is -0.651. The monoisotopic (exact) mass is 432 g/mol. The van der Waals surface area contributed by atoms with Crippen molar-refractivity contribution in [2.24, 2.45) is 10.9 Å². The van der Waals surface area contributed by atoms with Gasteiger partial charge >= 0.3 is 0 Å². The molecule has 1 heterocycles. The Kier molecular flexibility index (Phi) is 6.08. The number of rotatable bonds is 5. The van der Waals surface area contributed by atoms with E-state index in [1.54, 1.807) is 29.2 Å². The number of nitrogens with one attached hydrogen (secondary N) is 2. The summed E-state index contributed by atoms with van der Waals surface area (Å²) in [6.07, 6.45) is 3.47. The van der Waals surface area contributed by atoms with Crippen LogP contribution in [0.5, 0.6) is 0 Å². The molecule has 1 aliphatic carbocycles. The fourth-order valence-electron chi connectivity index (χ4n) is 4.43. The maximum atomic E-state index is 13.4. The molecule has 0 radical (unpaired) electrons. The molecule has 7 nitrogen and oxygen atoms in total. The number of aliphatic imine (C=N–C) groups is 1. The van der Waals surface area contributed by atoms with Crippen LogP contribution in [-0.4, -0.2) is 40.5 Å². The molecule has 0 saturated heterocycles. The first-order valence-corrected chi connectivity index (χ1v) is 11.0. The van der Waals surface area contributed by atoms with Crippen LogP contribution in [0, 0.1) is 5.92 Å². The largest absolute Gasteiger partial charge is 0.326 e. The van der Waals surface area contributed by atoms with E-state index < -0.39 is 5.66 Å². The lowest BCUT2D eigenvalue weighted by Gasteiger charge is -2.40. The van der Waals surface area contributed by atoms with E-state index in [4.69, 9.17) is 4.99 Å². The van der Waals surface area contributed by atoms with Crippen LogP contribution in [0.1, 0.15) is 45.1 Å². The molecule has 1 aliphatic heterocycles. The average Bonchev–Trinajstić information content (AvgIpc) is 3.04. The second-order valence-electron chi connectivity index (χ2n) is 8.69. The maximum absolute atomic E-state index is 13.4. The molecule has 32 heavy (non-hydrogen) atoms. The van der Waals surface area contributed by atoms with Crippen LogP contribution in [0.2, 0.25) is 0 Å². The molecule has 1 spiro atoms. The van der Waals surface area contributed by atoms with Gasteiger partial charge in [0.2, 0.25) is 11.8 Å². The van der Waals surface area contributed by atoms with Gasteiger partial charge in [-0.15, -0.1) is 0 Å². The lowest BCUT2D eigenvalue weighted by molar-refractivity contribution is -0.134. The van der Waals surface area contributed by atoms with Crippen LogP contribution >= 0.6 is 0 Å². The van der Waals surface area contributed by atoms with Crippen LogP contribution in [0.25, 0.3) is 0 Å². The highest BCUT2D eigenvalue weighted by Gasteiger charge is 2.49. The van der Waals surface area contributed by atoms with Crippen molar-refractivity contribution in [2.75, 3.05) is 17.2 Å². The van der Waals surface area contributed by atoms with Crippen molar-refractivity contribution in [1.82, 2.24) is 4.90 Å². The smallest absolute Gasteiger partial charge is 0.275 e. The summed E-state index contributed by atoms with van der Waals surface area (Å²) < 4.78 is 0. The molecular formula is C25H28N4O3. The summed E-state index contributed by atoms with van der Waals surface area (Å²) in [5.41, 5.74) is 1.83. The number of anilines is 2. The van der Waals surface area contributed by atoms with Gasteiger partial charge in [-0.25, -0.2) is 0 Å². The van der Waals surface area contributed by atoms with Crippen LogP contribution in [0.15, 0.2) is 59.6 Å². The van der Waals surface area contributed by atoms with E-state index in [-0.39, 0.29) is 24.3 Å². The predicted molar refractivity (Wildman–Crippen MR) is 124 cm³/mol. The average molecular weight is 433 g/mol. The maximum Gasteiger partial charge on any atom is 0.275 e. The Hall–Kier alpha value is -3.48. The van der Waals surface area contributed by atoms with Crippen molar-refractivity contribution < 1.29 is 14.4 Å². The van der Waals surface area contributed by atoms with Gasteiger partial charge in [0, 0.05) is 23.9 Å². The number of hydrogen-bond acceptors (Lipinski definition) is 4.